The van der Waals surface area contributed by atoms with Gasteiger partial charge in [0.1, 0.15) is 0 Å². The summed E-state index contributed by atoms with van der Waals surface area (Å²) in [6.45, 7) is 4.00. The van der Waals surface area contributed by atoms with Gasteiger partial charge in [0.15, 0.2) is 5.13 Å². The highest BCUT2D eigenvalue weighted by Crippen LogP contribution is 2.31. The summed E-state index contributed by atoms with van der Waals surface area (Å²) >= 11 is 1.53. The molecule has 0 radical (unpaired) electrons. The summed E-state index contributed by atoms with van der Waals surface area (Å²) in [5.41, 5.74) is 0. The predicted molar refractivity (Wildman–Crippen MR) is 83.5 cm³/mol. The molecular formula is C14H22N4O2S. The van der Waals surface area contributed by atoms with Crippen LogP contribution in [0.25, 0.3) is 0 Å². The number of nitrogens with zero attached hydrogens (tertiary/aromatic N) is 1. The van der Waals surface area contributed by atoms with Crippen LogP contribution >= 0.6 is 11.3 Å². The van der Waals surface area contributed by atoms with Crippen LogP contribution < -0.4 is 16.0 Å². The summed E-state index contributed by atoms with van der Waals surface area (Å²) < 4.78 is 0. The van der Waals surface area contributed by atoms with Crippen LogP contribution in [0.5, 0.6) is 0 Å². The van der Waals surface area contributed by atoms with Crippen molar-refractivity contribution in [1.29, 1.82) is 0 Å². The molecule has 3 N–H and O–H groups in total. The monoisotopic (exact) mass is 310 g/mol. The van der Waals surface area contributed by atoms with E-state index in [1.54, 1.807) is 0 Å². The van der Waals surface area contributed by atoms with Gasteiger partial charge < -0.3 is 16.0 Å². The van der Waals surface area contributed by atoms with Crippen LogP contribution in [0.15, 0.2) is 6.20 Å². The highest BCUT2D eigenvalue weighted by molar-refractivity contribution is 7.15. The molecule has 1 saturated heterocycles. The number of nitrogens with one attached hydrogen (secondary N) is 3. The molecule has 1 aromatic rings. The number of rotatable bonds is 6. The summed E-state index contributed by atoms with van der Waals surface area (Å²) in [4.78, 5) is 28.5. The van der Waals surface area contributed by atoms with Gasteiger partial charge in [-0.1, -0.05) is 6.92 Å². The minimum Gasteiger partial charge on any atom is -0.347 e. The number of hydrogen-bond donors (Lipinski definition) is 3. The molecule has 0 bridgehead atoms. The molecule has 6 nitrogen and oxygen atoms in total. The van der Waals surface area contributed by atoms with Crippen molar-refractivity contribution in [2.45, 2.75) is 38.5 Å². The lowest BCUT2D eigenvalue weighted by Gasteiger charge is -2.20. The second-order valence-corrected chi connectivity index (χ2v) is 6.23. The van der Waals surface area contributed by atoms with E-state index >= 15 is 0 Å². The standard InChI is InChI=1S/C14H22N4O2S/c1-2-3-12(19)16-9-13(20)18-14-17-8-11(21-14)10-4-6-15-7-5-10/h8,10,15H,2-7,9H2,1H3,(H,16,19)(H,17,18,20). The lowest BCUT2D eigenvalue weighted by atomic mass is 9.97. The molecule has 0 saturated carbocycles. The fraction of sp³-hybridized carbons (Fsp3) is 0.643. The topological polar surface area (TPSA) is 83.1 Å². The maximum absolute atomic E-state index is 11.7. The maximum atomic E-state index is 11.7. The summed E-state index contributed by atoms with van der Waals surface area (Å²) in [7, 11) is 0. The van der Waals surface area contributed by atoms with Crippen molar-refractivity contribution in [1.82, 2.24) is 15.6 Å². The molecule has 2 rings (SSSR count). The molecule has 116 valence electrons. The first-order chi connectivity index (χ1) is 10.2. The maximum Gasteiger partial charge on any atom is 0.245 e. The number of thiazole rings is 1. The van der Waals surface area contributed by atoms with Crippen molar-refractivity contribution in [2.24, 2.45) is 0 Å². The van der Waals surface area contributed by atoms with E-state index in [0.717, 1.165) is 32.4 Å². The smallest absolute Gasteiger partial charge is 0.245 e. The molecule has 2 amide bonds. The van der Waals surface area contributed by atoms with Gasteiger partial charge >= 0.3 is 0 Å². The number of carbonyl (C=O) groups excluding carboxylic acids is 2. The van der Waals surface area contributed by atoms with E-state index in [9.17, 15) is 9.59 Å². The van der Waals surface area contributed by atoms with Crippen molar-refractivity contribution in [2.75, 3.05) is 25.0 Å². The van der Waals surface area contributed by atoms with Gasteiger partial charge in [-0.05, 0) is 38.3 Å². The molecule has 0 spiro atoms. The largest absolute Gasteiger partial charge is 0.347 e. The Bertz CT molecular complexity index is 483. The van der Waals surface area contributed by atoms with Gasteiger partial charge in [0.2, 0.25) is 11.8 Å². The molecule has 21 heavy (non-hydrogen) atoms. The second-order valence-electron chi connectivity index (χ2n) is 5.17. The van der Waals surface area contributed by atoms with Crippen molar-refractivity contribution in [3.05, 3.63) is 11.1 Å². The van der Waals surface area contributed by atoms with Gasteiger partial charge in [-0.2, -0.15) is 0 Å². The Labute approximate surface area is 128 Å². The fourth-order valence-corrected chi connectivity index (χ4v) is 3.30. The number of aromatic nitrogens is 1. The van der Waals surface area contributed by atoms with Crippen LogP contribution in [0.2, 0.25) is 0 Å². The van der Waals surface area contributed by atoms with Gasteiger partial charge in [0, 0.05) is 17.5 Å². The molecule has 0 atom stereocenters. The average molecular weight is 310 g/mol. The van der Waals surface area contributed by atoms with Crippen LogP contribution in [0.1, 0.15) is 43.4 Å². The molecule has 0 aromatic carbocycles. The first kappa shape index (κ1) is 15.9. The number of carbonyl (C=O) groups is 2. The minimum absolute atomic E-state index is 0.00109. The van der Waals surface area contributed by atoms with Gasteiger partial charge in [-0.3, -0.25) is 9.59 Å². The Morgan fingerprint density at radius 1 is 1.38 bits per heavy atom. The summed E-state index contributed by atoms with van der Waals surface area (Å²) in [5.74, 6) is 0.214. The summed E-state index contributed by atoms with van der Waals surface area (Å²) in [6.07, 6.45) is 5.31. The molecule has 1 aliphatic heterocycles. The van der Waals surface area contributed by atoms with Crippen LogP contribution in [-0.4, -0.2) is 36.4 Å². The third-order valence-electron chi connectivity index (χ3n) is 3.43. The number of anilines is 1. The zero-order valence-electron chi connectivity index (χ0n) is 12.3. The Balaban J connectivity index is 1.78. The van der Waals surface area contributed by atoms with Crippen molar-refractivity contribution in [3.63, 3.8) is 0 Å². The van der Waals surface area contributed by atoms with E-state index < -0.39 is 0 Å². The van der Waals surface area contributed by atoms with E-state index in [0.29, 0.717) is 17.5 Å². The average Bonchev–Trinajstić information content (AvgIpc) is 2.95. The Morgan fingerprint density at radius 3 is 2.86 bits per heavy atom. The van der Waals surface area contributed by atoms with E-state index in [2.05, 4.69) is 20.9 Å². The zero-order chi connectivity index (χ0) is 15.1. The third kappa shape index (κ3) is 5.09. The predicted octanol–water partition coefficient (Wildman–Crippen LogP) is 1.46. The van der Waals surface area contributed by atoms with Crippen LogP contribution in [-0.2, 0) is 9.59 Å². The van der Waals surface area contributed by atoms with Crippen LogP contribution in [0.3, 0.4) is 0 Å². The fourth-order valence-electron chi connectivity index (χ4n) is 2.30. The quantitative estimate of drug-likeness (QED) is 0.743. The first-order valence-corrected chi connectivity index (χ1v) is 8.23. The number of hydrogen-bond acceptors (Lipinski definition) is 5. The molecule has 7 heteroatoms. The van der Waals surface area contributed by atoms with E-state index in [1.165, 1.54) is 16.2 Å². The van der Waals surface area contributed by atoms with Gasteiger partial charge in [0.25, 0.3) is 0 Å². The lowest BCUT2D eigenvalue weighted by Crippen LogP contribution is -2.32. The van der Waals surface area contributed by atoms with Gasteiger partial charge in [-0.25, -0.2) is 4.98 Å². The van der Waals surface area contributed by atoms with Crippen LogP contribution in [0.4, 0.5) is 5.13 Å². The molecule has 2 heterocycles. The van der Waals surface area contributed by atoms with E-state index in [-0.39, 0.29) is 18.4 Å². The van der Waals surface area contributed by atoms with Crippen molar-refractivity contribution >= 4 is 28.3 Å². The lowest BCUT2D eigenvalue weighted by molar-refractivity contribution is -0.124. The Hall–Kier alpha value is -1.47. The highest BCUT2D eigenvalue weighted by Gasteiger charge is 2.18. The van der Waals surface area contributed by atoms with E-state index in [4.69, 9.17) is 0 Å². The molecule has 1 fully saturated rings. The SMILES string of the molecule is CCCC(=O)NCC(=O)Nc1ncc(C2CCNCC2)s1. The summed E-state index contributed by atoms with van der Waals surface area (Å²) in [5, 5.41) is 9.27. The molecule has 1 aromatic heterocycles. The zero-order valence-corrected chi connectivity index (χ0v) is 13.1. The Kier molecular flexibility index (Phi) is 6.13. The van der Waals surface area contributed by atoms with Gasteiger partial charge in [-0.15, -0.1) is 11.3 Å². The molecule has 1 aliphatic rings. The van der Waals surface area contributed by atoms with Crippen LogP contribution in [0, 0.1) is 0 Å². The summed E-state index contributed by atoms with van der Waals surface area (Å²) in [6, 6.07) is 0. The molecule has 0 unspecified atom stereocenters. The van der Waals surface area contributed by atoms with Crippen molar-refractivity contribution in [3.8, 4) is 0 Å². The molecular weight excluding hydrogens is 288 g/mol. The van der Waals surface area contributed by atoms with E-state index in [1.807, 2.05) is 13.1 Å². The second kappa shape index (κ2) is 8.09. The first-order valence-electron chi connectivity index (χ1n) is 7.42. The molecule has 0 aliphatic carbocycles. The minimum atomic E-state index is -0.231. The Morgan fingerprint density at radius 2 is 2.14 bits per heavy atom. The van der Waals surface area contributed by atoms with Crippen molar-refractivity contribution < 1.29 is 9.59 Å². The number of piperidine rings is 1. The van der Waals surface area contributed by atoms with Gasteiger partial charge in [0.05, 0.1) is 6.54 Å². The normalized spacial score (nSPS) is 15.7. The third-order valence-corrected chi connectivity index (χ3v) is 4.51. The highest BCUT2D eigenvalue weighted by atomic mass is 32.1. The number of amides is 2.